The Bertz CT molecular complexity index is 920. The van der Waals surface area contributed by atoms with Crippen molar-refractivity contribution in [3.8, 4) is 17.0 Å². The molecule has 8 nitrogen and oxygen atoms in total. The molecule has 1 amide bonds. The lowest BCUT2D eigenvalue weighted by atomic mass is 10.1. The first kappa shape index (κ1) is 17.2. The van der Waals surface area contributed by atoms with Crippen molar-refractivity contribution in [1.29, 1.82) is 0 Å². The average molecular weight is 352 g/mol. The molecule has 3 rings (SSSR count). The lowest BCUT2D eigenvalue weighted by molar-refractivity contribution is -0.385. The number of benzene rings is 2. The van der Waals surface area contributed by atoms with E-state index in [1.54, 1.807) is 12.1 Å². The van der Waals surface area contributed by atoms with E-state index in [2.05, 4.69) is 10.4 Å². The molecule has 0 saturated carbocycles. The largest absolute Gasteiger partial charge is 0.475 e. The van der Waals surface area contributed by atoms with Gasteiger partial charge in [0, 0.05) is 5.69 Å². The number of amides is 1. The Morgan fingerprint density at radius 3 is 2.38 bits per heavy atom. The summed E-state index contributed by atoms with van der Waals surface area (Å²) >= 11 is 0. The Hall–Kier alpha value is -3.68. The number of nitro groups is 1. The quantitative estimate of drug-likeness (QED) is 0.543. The molecule has 0 unspecified atom stereocenters. The highest BCUT2D eigenvalue weighted by Gasteiger charge is 2.21. The molecule has 1 N–H and O–H groups in total. The first-order chi connectivity index (χ1) is 12.6. The molecule has 1 aromatic heterocycles. The van der Waals surface area contributed by atoms with Crippen LogP contribution in [0.2, 0.25) is 0 Å². The number of aromatic nitrogens is 2. The van der Waals surface area contributed by atoms with Gasteiger partial charge in [-0.2, -0.15) is 0 Å². The van der Waals surface area contributed by atoms with E-state index in [1.807, 2.05) is 42.5 Å². The predicted molar refractivity (Wildman–Crippen MR) is 95.9 cm³/mol. The highest BCUT2D eigenvalue weighted by Crippen LogP contribution is 2.24. The number of nitrogens with zero attached hydrogens (tertiary/aromatic N) is 3. The fourth-order valence-electron chi connectivity index (χ4n) is 2.47. The van der Waals surface area contributed by atoms with E-state index in [0.29, 0.717) is 5.69 Å². The van der Waals surface area contributed by atoms with Gasteiger partial charge >= 0.3 is 11.6 Å². The van der Waals surface area contributed by atoms with Crippen molar-refractivity contribution in [3.63, 3.8) is 0 Å². The predicted octanol–water partition coefficient (Wildman–Crippen LogP) is 3.11. The molecule has 0 atom stereocenters. The van der Waals surface area contributed by atoms with Gasteiger partial charge in [0.15, 0.2) is 0 Å². The van der Waals surface area contributed by atoms with Gasteiger partial charge in [-0.3, -0.25) is 19.6 Å². The SMILES string of the molecule is COc1nn(CC(=O)Nc2ccc(-c3ccccc3)cc2)cc1[N+](=O)[O-]. The van der Waals surface area contributed by atoms with Gasteiger partial charge in [0.1, 0.15) is 12.7 Å². The topological polar surface area (TPSA) is 99.3 Å². The molecule has 3 aromatic rings. The number of carbonyl (C=O) groups is 1. The van der Waals surface area contributed by atoms with Crippen molar-refractivity contribution in [2.45, 2.75) is 6.54 Å². The molecule has 2 aromatic carbocycles. The second kappa shape index (κ2) is 7.47. The van der Waals surface area contributed by atoms with Gasteiger partial charge in [0.2, 0.25) is 5.91 Å². The molecular weight excluding hydrogens is 336 g/mol. The molecule has 0 bridgehead atoms. The van der Waals surface area contributed by atoms with Crippen LogP contribution in [-0.4, -0.2) is 27.7 Å². The van der Waals surface area contributed by atoms with E-state index in [1.165, 1.54) is 11.8 Å². The number of hydrogen-bond donors (Lipinski definition) is 1. The smallest absolute Gasteiger partial charge is 0.350 e. The Labute approximate surface area is 149 Å². The Balaban J connectivity index is 1.66. The standard InChI is InChI=1S/C18H16N4O4/c1-26-18-16(22(24)25)11-21(20-18)12-17(23)19-15-9-7-14(8-10-15)13-5-3-2-4-6-13/h2-11H,12H2,1H3,(H,19,23). The van der Waals surface area contributed by atoms with Crippen LogP contribution in [0.25, 0.3) is 11.1 Å². The molecule has 132 valence electrons. The van der Waals surface area contributed by atoms with Crippen molar-refractivity contribution in [2.24, 2.45) is 0 Å². The summed E-state index contributed by atoms with van der Waals surface area (Å²) in [4.78, 5) is 22.4. The van der Waals surface area contributed by atoms with Crippen LogP contribution in [0.3, 0.4) is 0 Å². The summed E-state index contributed by atoms with van der Waals surface area (Å²) in [5, 5.41) is 17.5. The molecule has 26 heavy (non-hydrogen) atoms. The monoisotopic (exact) mass is 352 g/mol. The van der Waals surface area contributed by atoms with Gasteiger partial charge in [0.05, 0.1) is 12.0 Å². The number of ether oxygens (including phenoxy) is 1. The molecule has 1 heterocycles. The molecule has 0 fully saturated rings. The van der Waals surface area contributed by atoms with E-state index in [9.17, 15) is 14.9 Å². The molecule has 0 aliphatic heterocycles. The van der Waals surface area contributed by atoms with E-state index >= 15 is 0 Å². The Morgan fingerprint density at radius 2 is 1.81 bits per heavy atom. The first-order valence-electron chi connectivity index (χ1n) is 7.78. The van der Waals surface area contributed by atoms with Crippen LogP contribution in [-0.2, 0) is 11.3 Å². The normalized spacial score (nSPS) is 10.3. The molecule has 0 saturated heterocycles. The zero-order valence-electron chi connectivity index (χ0n) is 14.0. The lowest BCUT2D eigenvalue weighted by Gasteiger charge is -2.07. The summed E-state index contributed by atoms with van der Waals surface area (Å²) in [6, 6.07) is 17.3. The minimum absolute atomic E-state index is 0.130. The van der Waals surface area contributed by atoms with Crippen LogP contribution < -0.4 is 10.1 Å². The van der Waals surface area contributed by atoms with Gasteiger partial charge in [-0.05, 0) is 23.3 Å². The zero-order valence-corrected chi connectivity index (χ0v) is 14.0. The minimum atomic E-state index is -0.609. The van der Waals surface area contributed by atoms with Crippen LogP contribution in [0.1, 0.15) is 0 Å². The Kier molecular flexibility index (Phi) is 4.93. The number of rotatable bonds is 6. The first-order valence-corrected chi connectivity index (χ1v) is 7.78. The summed E-state index contributed by atoms with van der Waals surface area (Å²) < 4.78 is 6.01. The molecule has 0 radical (unpaired) electrons. The number of hydrogen-bond acceptors (Lipinski definition) is 5. The molecule has 8 heteroatoms. The van der Waals surface area contributed by atoms with Crippen molar-refractivity contribution >= 4 is 17.3 Å². The third-order valence-electron chi connectivity index (χ3n) is 3.68. The van der Waals surface area contributed by atoms with Crippen LogP contribution in [0.15, 0.2) is 60.8 Å². The summed E-state index contributed by atoms with van der Waals surface area (Å²) in [7, 11) is 1.29. The maximum Gasteiger partial charge on any atom is 0.350 e. The molecule has 0 spiro atoms. The van der Waals surface area contributed by atoms with Gasteiger partial charge < -0.3 is 10.1 Å². The second-order valence-electron chi connectivity index (χ2n) is 5.47. The van der Waals surface area contributed by atoms with E-state index in [0.717, 1.165) is 17.3 Å². The zero-order chi connectivity index (χ0) is 18.5. The summed E-state index contributed by atoms with van der Waals surface area (Å²) in [5.74, 6) is -0.479. The number of anilines is 1. The van der Waals surface area contributed by atoms with Gasteiger partial charge in [-0.25, -0.2) is 0 Å². The Morgan fingerprint density at radius 1 is 1.15 bits per heavy atom. The summed E-state index contributed by atoms with van der Waals surface area (Å²) in [5.41, 5.74) is 2.47. The number of methoxy groups -OCH3 is 1. The van der Waals surface area contributed by atoms with Crippen LogP contribution >= 0.6 is 0 Å². The van der Waals surface area contributed by atoms with Crippen LogP contribution in [0, 0.1) is 10.1 Å². The van der Waals surface area contributed by atoms with Crippen molar-refractivity contribution in [2.75, 3.05) is 12.4 Å². The highest BCUT2D eigenvalue weighted by atomic mass is 16.6. The van der Waals surface area contributed by atoms with Crippen molar-refractivity contribution in [3.05, 3.63) is 70.9 Å². The van der Waals surface area contributed by atoms with Gasteiger partial charge in [-0.15, -0.1) is 5.10 Å². The maximum absolute atomic E-state index is 12.1. The van der Waals surface area contributed by atoms with E-state index in [4.69, 9.17) is 4.74 Å². The minimum Gasteiger partial charge on any atom is -0.475 e. The average Bonchev–Trinajstić information content (AvgIpc) is 3.06. The lowest BCUT2D eigenvalue weighted by Crippen LogP contribution is -2.19. The molecule has 0 aliphatic carbocycles. The van der Waals surface area contributed by atoms with E-state index < -0.39 is 4.92 Å². The van der Waals surface area contributed by atoms with Crippen molar-refractivity contribution < 1.29 is 14.5 Å². The van der Waals surface area contributed by atoms with Crippen molar-refractivity contribution in [1.82, 2.24) is 9.78 Å². The van der Waals surface area contributed by atoms with Gasteiger partial charge in [0.25, 0.3) is 0 Å². The van der Waals surface area contributed by atoms with E-state index in [-0.39, 0.29) is 24.0 Å². The van der Waals surface area contributed by atoms with Crippen LogP contribution in [0.5, 0.6) is 5.88 Å². The fraction of sp³-hybridized carbons (Fsp3) is 0.111. The summed E-state index contributed by atoms with van der Waals surface area (Å²) in [6.45, 7) is -0.162. The van der Waals surface area contributed by atoms with Gasteiger partial charge in [-0.1, -0.05) is 42.5 Å². The highest BCUT2D eigenvalue weighted by molar-refractivity contribution is 5.90. The fourth-order valence-corrected chi connectivity index (χ4v) is 2.47. The molecular formula is C18H16N4O4. The van der Waals surface area contributed by atoms with Crippen LogP contribution in [0.4, 0.5) is 11.4 Å². The maximum atomic E-state index is 12.1. The molecule has 0 aliphatic rings. The third-order valence-corrected chi connectivity index (χ3v) is 3.68. The number of nitrogens with one attached hydrogen (secondary N) is 1. The second-order valence-corrected chi connectivity index (χ2v) is 5.47. The third kappa shape index (κ3) is 3.86. The number of carbonyl (C=O) groups excluding carboxylic acids is 1. The summed E-state index contributed by atoms with van der Waals surface area (Å²) in [6.07, 6.45) is 1.16.